The molecule has 0 unspecified atom stereocenters. The second-order valence-electron chi connectivity index (χ2n) is 4.32. The SMILES string of the molecule is O=C(O)c1c(Cl)cccc1OCCN1CCCC1. The second-order valence-corrected chi connectivity index (χ2v) is 4.72. The molecule has 1 N–H and O–H groups in total. The van der Waals surface area contributed by atoms with E-state index >= 15 is 0 Å². The van der Waals surface area contributed by atoms with Gasteiger partial charge in [0.15, 0.2) is 0 Å². The average Bonchev–Trinajstić information content (AvgIpc) is 2.81. The number of halogens is 1. The molecular formula is C13H16ClNO3. The Morgan fingerprint density at radius 3 is 2.78 bits per heavy atom. The predicted octanol–water partition coefficient (Wildman–Crippen LogP) is 2.51. The number of benzene rings is 1. The Morgan fingerprint density at radius 2 is 2.11 bits per heavy atom. The van der Waals surface area contributed by atoms with E-state index in [-0.39, 0.29) is 10.6 Å². The van der Waals surface area contributed by atoms with Gasteiger partial charge >= 0.3 is 5.97 Å². The molecule has 1 heterocycles. The third kappa shape index (κ3) is 3.15. The van der Waals surface area contributed by atoms with Crippen molar-refractivity contribution in [1.29, 1.82) is 0 Å². The Bertz CT molecular complexity index is 430. The summed E-state index contributed by atoms with van der Waals surface area (Å²) >= 11 is 5.86. The van der Waals surface area contributed by atoms with Crippen molar-refractivity contribution in [2.45, 2.75) is 12.8 Å². The normalized spacial score (nSPS) is 15.8. The number of carboxylic acid groups (broad SMARTS) is 1. The molecule has 1 aromatic rings. The summed E-state index contributed by atoms with van der Waals surface area (Å²) in [5.41, 5.74) is 0.0422. The highest BCUT2D eigenvalue weighted by molar-refractivity contribution is 6.33. The van der Waals surface area contributed by atoms with Crippen molar-refractivity contribution < 1.29 is 14.6 Å². The maximum atomic E-state index is 11.1. The first-order chi connectivity index (χ1) is 8.68. The molecule has 0 saturated carbocycles. The Morgan fingerprint density at radius 1 is 1.39 bits per heavy atom. The lowest BCUT2D eigenvalue weighted by molar-refractivity contribution is 0.0692. The van der Waals surface area contributed by atoms with E-state index in [9.17, 15) is 4.79 Å². The summed E-state index contributed by atoms with van der Waals surface area (Å²) in [6, 6.07) is 4.89. The third-order valence-corrected chi connectivity index (χ3v) is 3.37. The lowest BCUT2D eigenvalue weighted by Crippen LogP contribution is -2.25. The second kappa shape index (κ2) is 6.07. The molecule has 1 aliphatic heterocycles. The van der Waals surface area contributed by atoms with Crippen molar-refractivity contribution in [2.75, 3.05) is 26.2 Å². The van der Waals surface area contributed by atoms with Gasteiger partial charge in [-0.3, -0.25) is 4.90 Å². The fraction of sp³-hybridized carbons (Fsp3) is 0.462. The molecule has 0 atom stereocenters. The largest absolute Gasteiger partial charge is 0.491 e. The topological polar surface area (TPSA) is 49.8 Å². The standard InChI is InChI=1S/C13H16ClNO3/c14-10-4-3-5-11(12(10)13(16)17)18-9-8-15-6-1-2-7-15/h3-5H,1-2,6-9H2,(H,16,17). The monoisotopic (exact) mass is 269 g/mol. The van der Waals surface area contributed by atoms with Gasteiger partial charge in [-0.15, -0.1) is 0 Å². The third-order valence-electron chi connectivity index (χ3n) is 3.05. The average molecular weight is 270 g/mol. The van der Waals surface area contributed by atoms with Gasteiger partial charge in [0.25, 0.3) is 0 Å². The van der Waals surface area contributed by atoms with Gasteiger partial charge in [-0.1, -0.05) is 17.7 Å². The summed E-state index contributed by atoms with van der Waals surface area (Å²) in [5, 5.41) is 9.29. The first-order valence-corrected chi connectivity index (χ1v) is 6.43. The van der Waals surface area contributed by atoms with Gasteiger partial charge in [0, 0.05) is 6.54 Å². The molecule has 4 nitrogen and oxygen atoms in total. The molecule has 1 aromatic carbocycles. The van der Waals surface area contributed by atoms with E-state index < -0.39 is 5.97 Å². The quantitative estimate of drug-likeness (QED) is 0.892. The summed E-state index contributed by atoms with van der Waals surface area (Å²) < 4.78 is 5.53. The van der Waals surface area contributed by atoms with Crippen LogP contribution in [0.4, 0.5) is 0 Å². The van der Waals surface area contributed by atoms with Crippen LogP contribution in [0.15, 0.2) is 18.2 Å². The fourth-order valence-electron chi connectivity index (χ4n) is 2.12. The number of ether oxygens (including phenoxy) is 1. The molecule has 1 saturated heterocycles. The van der Waals surface area contributed by atoms with E-state index in [1.54, 1.807) is 18.2 Å². The number of hydrogen-bond acceptors (Lipinski definition) is 3. The molecule has 0 aliphatic carbocycles. The highest BCUT2D eigenvalue weighted by atomic mass is 35.5. The van der Waals surface area contributed by atoms with Crippen LogP contribution in [0.1, 0.15) is 23.2 Å². The minimum atomic E-state index is -1.06. The van der Waals surface area contributed by atoms with Crippen LogP contribution in [0.3, 0.4) is 0 Å². The van der Waals surface area contributed by atoms with Crippen LogP contribution >= 0.6 is 11.6 Å². The van der Waals surface area contributed by atoms with Crippen LogP contribution in [0.25, 0.3) is 0 Å². The summed E-state index contributed by atoms with van der Waals surface area (Å²) in [6.07, 6.45) is 2.47. The van der Waals surface area contributed by atoms with Gasteiger partial charge < -0.3 is 9.84 Å². The van der Waals surface area contributed by atoms with Gasteiger partial charge in [-0.05, 0) is 38.1 Å². The first kappa shape index (κ1) is 13.2. The van der Waals surface area contributed by atoms with Gasteiger partial charge in [0.1, 0.15) is 17.9 Å². The summed E-state index contributed by atoms with van der Waals surface area (Å²) in [4.78, 5) is 13.4. The Labute approximate surface area is 111 Å². The molecule has 98 valence electrons. The minimum Gasteiger partial charge on any atom is -0.491 e. The van der Waals surface area contributed by atoms with Crippen molar-refractivity contribution in [3.63, 3.8) is 0 Å². The van der Waals surface area contributed by atoms with Crippen LogP contribution in [0, 0.1) is 0 Å². The van der Waals surface area contributed by atoms with Gasteiger partial charge in [0.2, 0.25) is 0 Å². The van der Waals surface area contributed by atoms with Gasteiger partial charge in [0.05, 0.1) is 5.02 Å². The number of nitrogens with zero attached hydrogens (tertiary/aromatic N) is 1. The fourth-order valence-corrected chi connectivity index (χ4v) is 2.37. The number of hydrogen-bond donors (Lipinski definition) is 1. The molecule has 5 heteroatoms. The molecular weight excluding hydrogens is 254 g/mol. The van der Waals surface area contributed by atoms with Gasteiger partial charge in [-0.25, -0.2) is 4.79 Å². The first-order valence-electron chi connectivity index (χ1n) is 6.05. The molecule has 0 aromatic heterocycles. The van der Waals surface area contributed by atoms with Crippen molar-refractivity contribution in [3.05, 3.63) is 28.8 Å². The molecule has 0 radical (unpaired) electrons. The van der Waals surface area contributed by atoms with E-state index in [0.29, 0.717) is 12.4 Å². The summed E-state index contributed by atoms with van der Waals surface area (Å²) in [7, 11) is 0. The van der Waals surface area contributed by atoms with Crippen molar-refractivity contribution in [3.8, 4) is 5.75 Å². The molecule has 0 amide bonds. The van der Waals surface area contributed by atoms with E-state index in [1.165, 1.54) is 12.8 Å². The maximum Gasteiger partial charge on any atom is 0.341 e. The zero-order valence-corrected chi connectivity index (χ0v) is 10.8. The van der Waals surface area contributed by atoms with Crippen molar-refractivity contribution in [2.24, 2.45) is 0 Å². The Kier molecular flexibility index (Phi) is 4.44. The molecule has 1 aliphatic rings. The van der Waals surface area contributed by atoms with Crippen LogP contribution in [-0.2, 0) is 0 Å². The Balaban J connectivity index is 1.96. The summed E-state index contributed by atoms with van der Waals surface area (Å²) in [5.74, 6) is -0.717. The Hall–Kier alpha value is -1.26. The maximum absolute atomic E-state index is 11.1. The van der Waals surface area contributed by atoms with Crippen LogP contribution in [0.5, 0.6) is 5.75 Å². The smallest absolute Gasteiger partial charge is 0.341 e. The summed E-state index contributed by atoms with van der Waals surface area (Å²) in [6.45, 7) is 3.52. The van der Waals surface area contributed by atoms with Crippen LogP contribution in [-0.4, -0.2) is 42.2 Å². The molecule has 18 heavy (non-hydrogen) atoms. The van der Waals surface area contributed by atoms with Gasteiger partial charge in [-0.2, -0.15) is 0 Å². The van der Waals surface area contributed by atoms with Crippen molar-refractivity contribution in [1.82, 2.24) is 4.90 Å². The molecule has 0 spiro atoms. The van der Waals surface area contributed by atoms with Crippen LogP contribution in [0.2, 0.25) is 5.02 Å². The zero-order valence-electron chi connectivity index (χ0n) is 10.1. The number of carbonyl (C=O) groups is 1. The van der Waals surface area contributed by atoms with E-state index in [0.717, 1.165) is 19.6 Å². The number of aromatic carboxylic acids is 1. The highest BCUT2D eigenvalue weighted by Crippen LogP contribution is 2.26. The predicted molar refractivity (Wildman–Crippen MR) is 69.6 cm³/mol. The van der Waals surface area contributed by atoms with Crippen LogP contribution < -0.4 is 4.74 Å². The zero-order chi connectivity index (χ0) is 13.0. The number of likely N-dealkylation sites (tertiary alicyclic amines) is 1. The number of rotatable bonds is 5. The molecule has 1 fully saturated rings. The van der Waals surface area contributed by atoms with E-state index in [4.69, 9.17) is 21.4 Å². The molecule has 2 rings (SSSR count). The molecule has 0 bridgehead atoms. The van der Waals surface area contributed by atoms with Crippen molar-refractivity contribution >= 4 is 17.6 Å². The minimum absolute atomic E-state index is 0.0422. The highest BCUT2D eigenvalue weighted by Gasteiger charge is 2.16. The lowest BCUT2D eigenvalue weighted by atomic mass is 10.2. The lowest BCUT2D eigenvalue weighted by Gasteiger charge is -2.16. The van der Waals surface area contributed by atoms with E-state index in [1.807, 2.05) is 0 Å². The number of carboxylic acids is 1. The van der Waals surface area contributed by atoms with E-state index in [2.05, 4.69) is 4.90 Å².